The molecule has 0 radical (unpaired) electrons. The monoisotopic (exact) mass is 265 g/mol. The smallest absolute Gasteiger partial charge is 0.309 e. The molecule has 1 aromatic carbocycles. The first-order valence-electron chi connectivity index (χ1n) is 6.05. The highest BCUT2D eigenvalue weighted by molar-refractivity contribution is 5.84. The maximum atomic E-state index is 11.8. The summed E-state index contributed by atoms with van der Waals surface area (Å²) in [7, 11) is 0. The summed E-state index contributed by atoms with van der Waals surface area (Å²) in [5, 5.41) is 20.9. The first-order valence-corrected chi connectivity index (χ1v) is 6.05. The van der Waals surface area contributed by atoms with Crippen LogP contribution in [0.1, 0.15) is 31.9 Å². The predicted molar refractivity (Wildman–Crippen MR) is 70.4 cm³/mol. The van der Waals surface area contributed by atoms with E-state index < -0.39 is 23.3 Å². The number of amides is 1. The summed E-state index contributed by atoms with van der Waals surface area (Å²) in [5.41, 5.74) is -0.340. The third-order valence-electron chi connectivity index (χ3n) is 2.90. The highest BCUT2D eigenvalue weighted by Crippen LogP contribution is 2.21. The third kappa shape index (κ3) is 4.37. The van der Waals surface area contributed by atoms with Gasteiger partial charge in [0.15, 0.2) is 0 Å². The molecule has 104 valence electrons. The number of rotatable bonds is 6. The summed E-state index contributed by atoms with van der Waals surface area (Å²) in [5.74, 6) is -1.42. The molecule has 0 fully saturated rings. The molecule has 0 spiro atoms. The molecule has 5 nitrogen and oxygen atoms in total. The van der Waals surface area contributed by atoms with Crippen LogP contribution in [-0.2, 0) is 9.59 Å². The van der Waals surface area contributed by atoms with E-state index >= 15 is 0 Å². The molecular formula is C14H19NO4. The topological polar surface area (TPSA) is 86.6 Å². The lowest BCUT2D eigenvalue weighted by Crippen LogP contribution is -2.36. The molecule has 1 amide bonds. The molecule has 1 aromatic rings. The molecule has 5 heteroatoms. The van der Waals surface area contributed by atoms with Crippen molar-refractivity contribution in [3.63, 3.8) is 0 Å². The number of hydrogen-bond donors (Lipinski definition) is 3. The lowest BCUT2D eigenvalue weighted by atomic mass is 9.89. The van der Waals surface area contributed by atoms with Crippen LogP contribution in [0.4, 0.5) is 0 Å². The van der Waals surface area contributed by atoms with Gasteiger partial charge in [-0.2, -0.15) is 0 Å². The first-order chi connectivity index (χ1) is 8.86. The normalized spacial score (nSPS) is 12.8. The van der Waals surface area contributed by atoms with E-state index in [-0.39, 0.29) is 13.0 Å². The maximum absolute atomic E-state index is 11.8. The van der Waals surface area contributed by atoms with Gasteiger partial charge in [0.05, 0.1) is 18.1 Å². The molecule has 3 N–H and O–H groups in total. The van der Waals surface area contributed by atoms with Gasteiger partial charge < -0.3 is 15.5 Å². The minimum atomic E-state index is -1.12. The van der Waals surface area contributed by atoms with Crippen LogP contribution in [0.25, 0.3) is 0 Å². The Balaban J connectivity index is 2.67. The zero-order valence-corrected chi connectivity index (χ0v) is 11.1. The minimum Gasteiger partial charge on any atom is -0.481 e. The quantitative estimate of drug-likeness (QED) is 0.724. The standard InChI is InChI=1S/C14H19NO4/c1-14(2,13(18)19)8-12(17)15-11(9-16)10-6-4-3-5-7-10/h3-7,11,16H,8-9H2,1-2H3,(H,15,17)(H,18,19). The van der Waals surface area contributed by atoms with Crippen LogP contribution in [0.15, 0.2) is 30.3 Å². The number of carboxylic acids is 1. The number of carbonyl (C=O) groups excluding carboxylic acids is 1. The number of aliphatic hydroxyl groups excluding tert-OH is 1. The Morgan fingerprint density at radius 3 is 2.32 bits per heavy atom. The van der Waals surface area contributed by atoms with E-state index in [2.05, 4.69) is 5.32 Å². The van der Waals surface area contributed by atoms with Crippen molar-refractivity contribution in [1.82, 2.24) is 5.32 Å². The summed E-state index contributed by atoms with van der Waals surface area (Å²) >= 11 is 0. The molecule has 0 aliphatic carbocycles. The fourth-order valence-electron chi connectivity index (χ4n) is 1.64. The SMILES string of the molecule is CC(C)(CC(=O)NC(CO)c1ccccc1)C(=O)O. The fraction of sp³-hybridized carbons (Fsp3) is 0.429. The Bertz CT molecular complexity index is 442. The van der Waals surface area contributed by atoms with Gasteiger partial charge in [0.2, 0.25) is 5.91 Å². The number of carboxylic acid groups (broad SMARTS) is 1. The lowest BCUT2D eigenvalue weighted by Gasteiger charge is -2.21. The second-order valence-electron chi connectivity index (χ2n) is 5.08. The zero-order chi connectivity index (χ0) is 14.5. The van der Waals surface area contributed by atoms with Gasteiger partial charge in [-0.15, -0.1) is 0 Å². The largest absolute Gasteiger partial charge is 0.481 e. The van der Waals surface area contributed by atoms with Crippen LogP contribution in [0, 0.1) is 5.41 Å². The molecular weight excluding hydrogens is 246 g/mol. The van der Waals surface area contributed by atoms with E-state index in [1.165, 1.54) is 13.8 Å². The second-order valence-corrected chi connectivity index (χ2v) is 5.08. The summed E-state index contributed by atoms with van der Waals surface area (Å²) in [6, 6.07) is 8.54. The van der Waals surface area contributed by atoms with E-state index in [4.69, 9.17) is 5.11 Å². The van der Waals surface area contributed by atoms with Crippen LogP contribution < -0.4 is 5.32 Å². The van der Waals surface area contributed by atoms with Crippen molar-refractivity contribution in [2.75, 3.05) is 6.61 Å². The molecule has 1 rings (SSSR count). The molecule has 0 aromatic heterocycles. The van der Waals surface area contributed by atoms with Gasteiger partial charge in [0, 0.05) is 6.42 Å². The van der Waals surface area contributed by atoms with Crippen LogP contribution in [0.3, 0.4) is 0 Å². The average molecular weight is 265 g/mol. The van der Waals surface area contributed by atoms with Crippen molar-refractivity contribution in [3.05, 3.63) is 35.9 Å². The highest BCUT2D eigenvalue weighted by atomic mass is 16.4. The van der Waals surface area contributed by atoms with Crippen molar-refractivity contribution in [3.8, 4) is 0 Å². The molecule has 0 aliphatic heterocycles. The molecule has 1 unspecified atom stereocenters. The van der Waals surface area contributed by atoms with Gasteiger partial charge in [0.1, 0.15) is 0 Å². The highest BCUT2D eigenvalue weighted by Gasteiger charge is 2.30. The van der Waals surface area contributed by atoms with Gasteiger partial charge >= 0.3 is 5.97 Å². The van der Waals surface area contributed by atoms with E-state index in [1.807, 2.05) is 18.2 Å². The molecule has 0 saturated carbocycles. The molecule has 0 aliphatic rings. The molecule has 0 bridgehead atoms. The number of carbonyl (C=O) groups is 2. The van der Waals surface area contributed by atoms with Crippen molar-refractivity contribution >= 4 is 11.9 Å². The van der Waals surface area contributed by atoms with Gasteiger partial charge in [-0.1, -0.05) is 30.3 Å². The minimum absolute atomic E-state index is 0.133. The Morgan fingerprint density at radius 2 is 1.84 bits per heavy atom. The van der Waals surface area contributed by atoms with Gasteiger partial charge in [-0.3, -0.25) is 9.59 Å². The van der Waals surface area contributed by atoms with Crippen LogP contribution in [0.2, 0.25) is 0 Å². The number of aliphatic carboxylic acids is 1. The predicted octanol–water partition coefficient (Wildman–Crippen LogP) is 1.34. The van der Waals surface area contributed by atoms with Gasteiger partial charge in [-0.05, 0) is 19.4 Å². The van der Waals surface area contributed by atoms with Crippen LogP contribution in [-0.4, -0.2) is 28.7 Å². The van der Waals surface area contributed by atoms with E-state index in [9.17, 15) is 14.7 Å². The maximum Gasteiger partial charge on any atom is 0.309 e. The number of hydrogen-bond acceptors (Lipinski definition) is 3. The second kappa shape index (κ2) is 6.33. The number of aliphatic hydroxyl groups is 1. The van der Waals surface area contributed by atoms with Gasteiger partial charge in [0.25, 0.3) is 0 Å². The molecule has 1 atom stereocenters. The van der Waals surface area contributed by atoms with E-state index in [0.717, 1.165) is 5.56 Å². The van der Waals surface area contributed by atoms with Crippen LogP contribution >= 0.6 is 0 Å². The summed E-state index contributed by atoms with van der Waals surface area (Å²) in [6.45, 7) is 2.75. The van der Waals surface area contributed by atoms with Crippen molar-refractivity contribution < 1.29 is 19.8 Å². The Kier molecular flexibility index (Phi) is 5.06. The zero-order valence-electron chi connectivity index (χ0n) is 11.1. The summed E-state index contributed by atoms with van der Waals surface area (Å²) < 4.78 is 0. The van der Waals surface area contributed by atoms with Gasteiger partial charge in [-0.25, -0.2) is 0 Å². The van der Waals surface area contributed by atoms with Crippen LogP contribution in [0.5, 0.6) is 0 Å². The lowest BCUT2D eigenvalue weighted by molar-refractivity contribution is -0.149. The number of benzene rings is 1. The van der Waals surface area contributed by atoms with Crippen molar-refractivity contribution in [1.29, 1.82) is 0 Å². The summed E-state index contributed by atoms with van der Waals surface area (Å²) in [4.78, 5) is 22.8. The average Bonchev–Trinajstić information content (AvgIpc) is 2.36. The third-order valence-corrected chi connectivity index (χ3v) is 2.90. The fourth-order valence-corrected chi connectivity index (χ4v) is 1.64. The molecule has 19 heavy (non-hydrogen) atoms. The number of nitrogens with one attached hydrogen (secondary N) is 1. The van der Waals surface area contributed by atoms with E-state index in [1.54, 1.807) is 12.1 Å². The Labute approximate surface area is 112 Å². The van der Waals surface area contributed by atoms with Crippen molar-refractivity contribution in [2.24, 2.45) is 5.41 Å². The molecule has 0 saturated heterocycles. The van der Waals surface area contributed by atoms with Crippen molar-refractivity contribution in [2.45, 2.75) is 26.3 Å². The first kappa shape index (κ1) is 15.2. The Hall–Kier alpha value is -1.88. The molecule has 0 heterocycles. The van der Waals surface area contributed by atoms with E-state index in [0.29, 0.717) is 0 Å². The summed E-state index contributed by atoms with van der Waals surface area (Å²) in [6.07, 6.45) is -0.133. The Morgan fingerprint density at radius 1 is 1.26 bits per heavy atom.